The van der Waals surface area contributed by atoms with Crippen molar-refractivity contribution in [2.45, 2.75) is 62.5 Å². The van der Waals surface area contributed by atoms with Crippen molar-refractivity contribution in [3.63, 3.8) is 0 Å². The molecule has 0 saturated carbocycles. The Balaban J connectivity index is -0.000000371. The van der Waals surface area contributed by atoms with E-state index < -0.39 is 46.5 Å². The summed E-state index contributed by atoms with van der Waals surface area (Å²) >= 11 is 3.26. The number of nitrogens with two attached hydrogens (primary N) is 1. The predicted octanol–water partition coefficient (Wildman–Crippen LogP) is -2.94. The van der Waals surface area contributed by atoms with Gasteiger partial charge in [0.05, 0.1) is 13.2 Å². The van der Waals surface area contributed by atoms with Gasteiger partial charge in [-0.2, -0.15) is 0 Å². The van der Waals surface area contributed by atoms with Gasteiger partial charge in [-0.05, 0) is 25.9 Å². The van der Waals surface area contributed by atoms with Crippen molar-refractivity contribution < 1.29 is 49.5 Å². The number of aliphatic hydroxyl groups is 2. The van der Waals surface area contributed by atoms with Gasteiger partial charge in [0.25, 0.3) is 0 Å². The normalized spacial score (nSPS) is 12.5. The van der Waals surface area contributed by atoms with Crippen LogP contribution in [0.3, 0.4) is 0 Å². The summed E-state index contributed by atoms with van der Waals surface area (Å²) in [5, 5.41) is 54.5. The van der Waals surface area contributed by atoms with Crippen LogP contribution in [0, 0.1) is 0 Å². The maximum atomic E-state index is 11.5. The Bertz CT molecular complexity index is 741. The van der Waals surface area contributed by atoms with Crippen LogP contribution >= 0.6 is 15.9 Å². The first-order chi connectivity index (χ1) is 17.2. The quantitative estimate of drug-likeness (QED) is 0.0435. The Morgan fingerprint density at radius 2 is 1.33 bits per heavy atom. The molecule has 0 fully saturated rings. The molecule has 15 nitrogen and oxygen atoms in total. The van der Waals surface area contributed by atoms with Gasteiger partial charge in [0, 0.05) is 25.2 Å². The number of amides is 3. The standard InChI is InChI=1S/C14H27N3O8.C7H13BrN2O2.2Na.2H/c1-3-16-9(7-18)5-15-6-10(8-19)17(4-2)14(11(20)21,12(22)23)13(24)25;1-3-7(8,4-2)5(11)10-6(9)12;;;;/h9-10,15-16,18-19H,3-8H2,1-2H3,(H,20,21)(H,22,23)(H,24,25);3-4H2,1-2H3,(H3,9,10,11,12);;;;. The zero-order valence-electron chi connectivity index (χ0n) is 21.5. The minimum atomic E-state index is -3.21. The Morgan fingerprint density at radius 1 is 0.872 bits per heavy atom. The Hall–Kier alpha value is -0.370. The average molecular weight is 650 g/mol. The molecule has 0 aliphatic heterocycles. The van der Waals surface area contributed by atoms with Gasteiger partial charge in [-0.3, -0.25) is 15.0 Å². The van der Waals surface area contributed by atoms with Crippen LogP contribution < -0.4 is 21.7 Å². The first kappa shape index (κ1) is 45.6. The minimum absolute atomic E-state index is 0. The topological polar surface area (TPSA) is 252 Å². The number of nitrogens with one attached hydrogen (secondary N) is 3. The fraction of sp³-hybridized carbons (Fsp3) is 0.762. The monoisotopic (exact) mass is 649 g/mol. The summed E-state index contributed by atoms with van der Waals surface area (Å²) in [6, 6.07) is -2.18. The Labute approximate surface area is 280 Å². The van der Waals surface area contributed by atoms with Crippen molar-refractivity contribution in [1.29, 1.82) is 0 Å². The fourth-order valence-corrected chi connectivity index (χ4v) is 3.49. The van der Waals surface area contributed by atoms with Crippen LogP contribution in [0.15, 0.2) is 0 Å². The molecule has 39 heavy (non-hydrogen) atoms. The SMILES string of the molecule is CCC(Br)(CC)C(=O)NC(N)=O.CCNC(CO)CNCC(CO)N(CC)C(C(=O)O)(C(=O)O)C(=O)O.[NaH].[NaH]. The van der Waals surface area contributed by atoms with Gasteiger partial charge < -0.3 is 41.9 Å². The molecule has 0 rings (SSSR count). The van der Waals surface area contributed by atoms with E-state index in [1.165, 1.54) is 6.92 Å². The van der Waals surface area contributed by atoms with Crippen LogP contribution in [-0.4, -0.2) is 181 Å². The van der Waals surface area contributed by atoms with Crippen LogP contribution in [0.1, 0.15) is 40.5 Å². The summed E-state index contributed by atoms with van der Waals surface area (Å²) in [5.41, 5.74) is 1.60. The molecule has 2 atom stereocenters. The van der Waals surface area contributed by atoms with E-state index in [2.05, 4.69) is 26.6 Å². The molecule has 0 heterocycles. The van der Waals surface area contributed by atoms with E-state index in [-0.39, 0.29) is 97.3 Å². The maximum absolute atomic E-state index is 11.5. The number of nitrogens with zero attached hydrogens (tertiary/aromatic N) is 1. The molecule has 0 radical (unpaired) electrons. The number of primary amides is 1. The number of halogens is 1. The molecule has 0 aliphatic rings. The van der Waals surface area contributed by atoms with Gasteiger partial charge in [0.2, 0.25) is 5.91 Å². The predicted molar refractivity (Wildman–Crippen MR) is 151 cm³/mol. The summed E-state index contributed by atoms with van der Waals surface area (Å²) in [4.78, 5) is 56.8. The number of hydrogen-bond donors (Lipinski definition) is 9. The zero-order valence-corrected chi connectivity index (χ0v) is 23.1. The summed E-state index contributed by atoms with van der Waals surface area (Å²) in [5.74, 6) is -6.52. The molecule has 0 spiro atoms. The van der Waals surface area contributed by atoms with Gasteiger partial charge in [-0.1, -0.05) is 43.6 Å². The van der Waals surface area contributed by atoms with Crippen molar-refractivity contribution in [2.24, 2.45) is 5.73 Å². The van der Waals surface area contributed by atoms with Gasteiger partial charge in [0.15, 0.2) is 0 Å². The number of urea groups is 1. The summed E-state index contributed by atoms with van der Waals surface area (Å²) in [6.45, 7) is 6.73. The molecule has 2 unspecified atom stereocenters. The molecule has 0 saturated heterocycles. The van der Waals surface area contributed by atoms with Crippen molar-refractivity contribution in [2.75, 3.05) is 39.4 Å². The molecule has 220 valence electrons. The van der Waals surface area contributed by atoms with Crippen LogP contribution in [-0.2, 0) is 19.2 Å². The molecule has 0 aliphatic carbocycles. The molecule has 0 aromatic heterocycles. The second kappa shape index (κ2) is 23.2. The van der Waals surface area contributed by atoms with Gasteiger partial charge >= 0.3 is 88.6 Å². The molecular formula is C21H42BrN5Na2O10. The number of alkyl halides is 1. The van der Waals surface area contributed by atoms with Crippen LogP contribution in [0.4, 0.5) is 4.79 Å². The van der Waals surface area contributed by atoms with E-state index in [9.17, 15) is 49.5 Å². The number of carboxylic acid groups (broad SMARTS) is 3. The fourth-order valence-electron chi connectivity index (χ4n) is 3.39. The average Bonchev–Trinajstić information content (AvgIpc) is 2.83. The first-order valence-corrected chi connectivity index (χ1v) is 12.4. The molecule has 0 bridgehead atoms. The van der Waals surface area contributed by atoms with E-state index in [0.717, 1.165) is 0 Å². The number of rotatable bonds is 17. The molecule has 0 aromatic carbocycles. The molecule has 10 N–H and O–H groups in total. The number of aliphatic hydroxyl groups excluding tert-OH is 2. The number of aliphatic carboxylic acids is 3. The number of carbonyl (C=O) groups excluding carboxylic acids is 2. The third-order valence-electron chi connectivity index (χ3n) is 5.60. The van der Waals surface area contributed by atoms with Gasteiger partial charge in [-0.15, -0.1) is 0 Å². The Kier molecular flexibility index (Phi) is 27.2. The molecular weight excluding hydrogens is 608 g/mol. The zero-order chi connectivity index (χ0) is 29.4. The molecule has 18 heteroatoms. The number of imide groups is 1. The second-order valence-electron chi connectivity index (χ2n) is 7.83. The third-order valence-corrected chi connectivity index (χ3v) is 7.08. The van der Waals surface area contributed by atoms with Gasteiger partial charge in [0.1, 0.15) is 4.32 Å². The second-order valence-corrected chi connectivity index (χ2v) is 9.35. The van der Waals surface area contributed by atoms with E-state index in [1.54, 1.807) is 0 Å². The van der Waals surface area contributed by atoms with E-state index in [1.807, 2.05) is 26.1 Å². The summed E-state index contributed by atoms with van der Waals surface area (Å²) in [6.07, 6.45) is 1.23. The summed E-state index contributed by atoms with van der Waals surface area (Å²) in [7, 11) is 0. The van der Waals surface area contributed by atoms with Crippen LogP contribution in [0.5, 0.6) is 0 Å². The van der Waals surface area contributed by atoms with E-state index >= 15 is 0 Å². The van der Waals surface area contributed by atoms with Gasteiger partial charge in [-0.25, -0.2) is 19.2 Å². The van der Waals surface area contributed by atoms with Crippen LogP contribution in [0.2, 0.25) is 0 Å². The first-order valence-electron chi connectivity index (χ1n) is 11.6. The number of carboxylic acids is 3. The number of carbonyl (C=O) groups is 5. The Morgan fingerprint density at radius 3 is 1.62 bits per heavy atom. The van der Waals surface area contributed by atoms with Crippen LogP contribution in [0.25, 0.3) is 0 Å². The molecule has 0 aromatic rings. The summed E-state index contributed by atoms with van der Waals surface area (Å²) < 4.78 is -0.665. The van der Waals surface area contributed by atoms with Crippen molar-refractivity contribution >= 4 is 105 Å². The third kappa shape index (κ3) is 13.9. The molecule has 3 amide bonds. The van der Waals surface area contributed by atoms with E-state index in [0.29, 0.717) is 24.3 Å². The van der Waals surface area contributed by atoms with Crippen molar-refractivity contribution in [3.05, 3.63) is 0 Å². The van der Waals surface area contributed by atoms with E-state index in [4.69, 9.17) is 5.73 Å². The van der Waals surface area contributed by atoms with Crippen molar-refractivity contribution in [1.82, 2.24) is 20.9 Å². The number of likely N-dealkylation sites (N-methyl/N-ethyl adjacent to an activating group) is 2. The van der Waals surface area contributed by atoms with Crippen molar-refractivity contribution in [3.8, 4) is 0 Å². The number of hydrogen-bond acceptors (Lipinski definition) is 10.